The molecule has 1 aromatic carbocycles. The number of benzene rings is 1. The average molecular weight is 420 g/mol. The van der Waals surface area contributed by atoms with Gasteiger partial charge in [0.2, 0.25) is 5.91 Å². The number of nitrogens with one attached hydrogen (secondary N) is 1. The van der Waals surface area contributed by atoms with Gasteiger partial charge in [-0.05, 0) is 85.3 Å². The maximum Gasteiger partial charge on any atom is 0.224 e. The summed E-state index contributed by atoms with van der Waals surface area (Å²) in [4.78, 5) is 19.5. The van der Waals surface area contributed by atoms with Crippen molar-refractivity contribution in [1.29, 1.82) is 0 Å². The molecule has 4 nitrogen and oxygen atoms in total. The Bertz CT molecular complexity index is 879. The van der Waals surface area contributed by atoms with Crippen molar-refractivity contribution in [1.82, 2.24) is 15.2 Å². The minimum atomic E-state index is 0.0840. The lowest BCUT2D eigenvalue weighted by molar-refractivity contribution is -0.121. The lowest BCUT2D eigenvalue weighted by Crippen LogP contribution is -2.46. The molecule has 1 N–H and O–H groups in total. The van der Waals surface area contributed by atoms with E-state index in [9.17, 15) is 4.79 Å². The Balaban J connectivity index is 1.42. The number of nitrogens with zero attached hydrogens (tertiary/aromatic N) is 2. The molecule has 1 amide bonds. The van der Waals surface area contributed by atoms with Crippen molar-refractivity contribution in [3.63, 3.8) is 0 Å². The van der Waals surface area contributed by atoms with E-state index in [1.165, 1.54) is 50.0 Å². The van der Waals surface area contributed by atoms with Gasteiger partial charge < -0.3 is 10.2 Å². The monoisotopic (exact) mass is 419 g/mol. The number of amides is 1. The number of likely N-dealkylation sites (tertiary alicyclic amines) is 1. The standard InChI is InChI=1S/C27H37N3O/c1-26(2,3)12-16-30-17-13-27(14-18-30)11-10-24(22-8-4-5-9-23(22)27)29-25(31)19-21-7-6-15-28-20-21/h4-9,15,20,24H,10-14,16-19H2,1-3H3,(H,29,31)/t24-/m1/s1. The first-order valence-electron chi connectivity index (χ1n) is 11.8. The zero-order valence-electron chi connectivity index (χ0n) is 19.4. The van der Waals surface area contributed by atoms with E-state index >= 15 is 0 Å². The van der Waals surface area contributed by atoms with Crippen molar-refractivity contribution in [2.24, 2.45) is 5.41 Å². The summed E-state index contributed by atoms with van der Waals surface area (Å²) in [5.74, 6) is 0.0840. The molecule has 31 heavy (non-hydrogen) atoms. The molecule has 1 atom stereocenters. The molecule has 0 bridgehead atoms. The topological polar surface area (TPSA) is 45.2 Å². The maximum atomic E-state index is 12.7. The van der Waals surface area contributed by atoms with Crippen molar-refractivity contribution >= 4 is 5.91 Å². The van der Waals surface area contributed by atoms with Gasteiger partial charge in [0, 0.05) is 12.4 Å². The van der Waals surface area contributed by atoms with E-state index in [4.69, 9.17) is 0 Å². The first-order chi connectivity index (χ1) is 14.8. The number of rotatable bonds is 5. The second-order valence-corrected chi connectivity index (χ2v) is 10.7. The Morgan fingerprint density at radius 3 is 2.61 bits per heavy atom. The molecule has 1 aliphatic carbocycles. The molecular formula is C27H37N3O. The lowest BCUT2D eigenvalue weighted by atomic mass is 9.63. The molecule has 1 aliphatic heterocycles. The molecule has 1 fully saturated rings. The van der Waals surface area contributed by atoms with Crippen molar-refractivity contribution in [2.45, 2.75) is 70.8 Å². The van der Waals surface area contributed by atoms with Crippen LogP contribution >= 0.6 is 0 Å². The zero-order valence-corrected chi connectivity index (χ0v) is 19.4. The van der Waals surface area contributed by atoms with E-state index in [0.29, 0.717) is 11.8 Å². The molecule has 4 heteroatoms. The summed E-state index contributed by atoms with van der Waals surface area (Å²) in [6, 6.07) is 12.8. The van der Waals surface area contributed by atoms with Crippen LogP contribution in [0.4, 0.5) is 0 Å². The SMILES string of the molecule is CC(C)(C)CCN1CCC2(CC[C@@H](NC(=O)Cc3cccnc3)c3ccccc32)CC1. The van der Waals surface area contributed by atoms with Gasteiger partial charge in [-0.1, -0.05) is 51.1 Å². The molecule has 0 saturated carbocycles. The van der Waals surface area contributed by atoms with E-state index in [1.54, 1.807) is 12.4 Å². The summed E-state index contributed by atoms with van der Waals surface area (Å²) >= 11 is 0. The van der Waals surface area contributed by atoms with Gasteiger partial charge in [0.05, 0.1) is 12.5 Å². The number of hydrogen-bond donors (Lipinski definition) is 1. The summed E-state index contributed by atoms with van der Waals surface area (Å²) in [7, 11) is 0. The minimum Gasteiger partial charge on any atom is -0.349 e. The van der Waals surface area contributed by atoms with Crippen LogP contribution in [0, 0.1) is 5.41 Å². The predicted molar refractivity (Wildman–Crippen MR) is 126 cm³/mol. The van der Waals surface area contributed by atoms with E-state index in [2.05, 4.69) is 60.2 Å². The minimum absolute atomic E-state index is 0.0840. The van der Waals surface area contributed by atoms with Crippen LogP contribution in [-0.4, -0.2) is 35.4 Å². The summed E-state index contributed by atoms with van der Waals surface area (Å²) in [5, 5.41) is 3.31. The summed E-state index contributed by atoms with van der Waals surface area (Å²) in [5.41, 5.74) is 4.44. The molecule has 4 rings (SSSR count). The zero-order chi connectivity index (χ0) is 21.9. The molecular weight excluding hydrogens is 382 g/mol. The Morgan fingerprint density at radius 2 is 1.90 bits per heavy atom. The van der Waals surface area contributed by atoms with E-state index in [-0.39, 0.29) is 17.4 Å². The van der Waals surface area contributed by atoms with Crippen LogP contribution in [-0.2, 0) is 16.6 Å². The quantitative estimate of drug-likeness (QED) is 0.738. The van der Waals surface area contributed by atoms with Gasteiger partial charge in [0.1, 0.15) is 0 Å². The van der Waals surface area contributed by atoms with Gasteiger partial charge in [-0.2, -0.15) is 0 Å². The van der Waals surface area contributed by atoms with Crippen molar-refractivity contribution in [2.75, 3.05) is 19.6 Å². The van der Waals surface area contributed by atoms with Gasteiger partial charge >= 0.3 is 0 Å². The van der Waals surface area contributed by atoms with Crippen LogP contribution in [0.5, 0.6) is 0 Å². The van der Waals surface area contributed by atoms with E-state index in [1.807, 2.05) is 12.1 Å². The average Bonchev–Trinajstić information content (AvgIpc) is 2.76. The number of piperidine rings is 1. The molecule has 2 aliphatic rings. The second-order valence-electron chi connectivity index (χ2n) is 10.7. The van der Waals surface area contributed by atoms with Gasteiger partial charge in [0.15, 0.2) is 0 Å². The molecule has 1 saturated heterocycles. The van der Waals surface area contributed by atoms with Crippen LogP contribution in [0.15, 0.2) is 48.8 Å². The fraction of sp³-hybridized carbons (Fsp3) is 0.556. The number of fused-ring (bicyclic) bond motifs is 2. The highest BCUT2D eigenvalue weighted by atomic mass is 16.1. The molecule has 166 valence electrons. The molecule has 2 heterocycles. The number of pyridine rings is 1. The van der Waals surface area contributed by atoms with Gasteiger partial charge in [-0.25, -0.2) is 0 Å². The molecule has 1 spiro atoms. The Kier molecular flexibility index (Phi) is 6.47. The van der Waals surface area contributed by atoms with Crippen molar-refractivity contribution < 1.29 is 4.79 Å². The molecule has 0 radical (unpaired) electrons. The van der Waals surface area contributed by atoms with Crippen LogP contribution in [0.25, 0.3) is 0 Å². The van der Waals surface area contributed by atoms with E-state index in [0.717, 1.165) is 18.4 Å². The highest BCUT2D eigenvalue weighted by Crippen LogP contribution is 2.48. The largest absolute Gasteiger partial charge is 0.349 e. The van der Waals surface area contributed by atoms with E-state index < -0.39 is 0 Å². The normalized spacial score (nSPS) is 20.9. The smallest absolute Gasteiger partial charge is 0.224 e. The first-order valence-corrected chi connectivity index (χ1v) is 11.8. The molecule has 1 aromatic heterocycles. The van der Waals surface area contributed by atoms with Crippen LogP contribution in [0.1, 0.15) is 75.6 Å². The number of aromatic nitrogens is 1. The number of carbonyl (C=O) groups excluding carboxylic acids is 1. The van der Waals surface area contributed by atoms with Gasteiger partial charge in [0.25, 0.3) is 0 Å². The van der Waals surface area contributed by atoms with Gasteiger partial charge in [-0.15, -0.1) is 0 Å². The third-order valence-electron chi connectivity index (χ3n) is 7.23. The van der Waals surface area contributed by atoms with Crippen LogP contribution in [0.3, 0.4) is 0 Å². The maximum absolute atomic E-state index is 12.7. The molecule has 2 aromatic rings. The van der Waals surface area contributed by atoms with Crippen molar-refractivity contribution in [3.05, 3.63) is 65.5 Å². The summed E-state index contributed by atoms with van der Waals surface area (Å²) in [6.07, 6.45) is 9.80. The third kappa shape index (κ3) is 5.35. The van der Waals surface area contributed by atoms with Gasteiger partial charge in [-0.3, -0.25) is 9.78 Å². The third-order valence-corrected chi connectivity index (χ3v) is 7.23. The lowest BCUT2D eigenvalue weighted by Gasteiger charge is -2.47. The fourth-order valence-corrected chi connectivity index (χ4v) is 5.30. The van der Waals surface area contributed by atoms with Crippen LogP contribution in [0.2, 0.25) is 0 Å². The Hall–Kier alpha value is -2.20. The van der Waals surface area contributed by atoms with Crippen molar-refractivity contribution in [3.8, 4) is 0 Å². The molecule has 0 unspecified atom stereocenters. The number of carbonyl (C=O) groups is 1. The highest BCUT2D eigenvalue weighted by molar-refractivity contribution is 5.79. The summed E-state index contributed by atoms with van der Waals surface area (Å²) < 4.78 is 0. The number of hydrogen-bond acceptors (Lipinski definition) is 3. The first kappa shape index (κ1) is 22.0. The highest BCUT2D eigenvalue weighted by Gasteiger charge is 2.42. The second kappa shape index (κ2) is 9.12. The fourth-order valence-electron chi connectivity index (χ4n) is 5.30. The Labute approximate surface area is 187 Å². The summed E-state index contributed by atoms with van der Waals surface area (Å²) in [6.45, 7) is 10.6. The Morgan fingerprint density at radius 1 is 1.13 bits per heavy atom. The predicted octanol–water partition coefficient (Wildman–Crippen LogP) is 5.05. The van der Waals surface area contributed by atoms with Crippen LogP contribution < -0.4 is 5.32 Å².